The molecule has 0 radical (unpaired) electrons. The highest BCUT2D eigenvalue weighted by molar-refractivity contribution is 5.03. The van der Waals surface area contributed by atoms with Crippen molar-refractivity contribution in [3.63, 3.8) is 0 Å². The van der Waals surface area contributed by atoms with Crippen molar-refractivity contribution in [2.24, 2.45) is 5.92 Å². The normalized spacial score (nSPS) is 31.6. The van der Waals surface area contributed by atoms with Gasteiger partial charge in [0.15, 0.2) is 0 Å². The van der Waals surface area contributed by atoms with Crippen LogP contribution in [0.2, 0.25) is 0 Å². The van der Waals surface area contributed by atoms with Gasteiger partial charge >= 0.3 is 0 Å². The van der Waals surface area contributed by atoms with Crippen LogP contribution in [-0.2, 0) is 0 Å². The molecule has 19 heavy (non-hydrogen) atoms. The summed E-state index contributed by atoms with van der Waals surface area (Å²) in [6, 6.07) is 1.33. The van der Waals surface area contributed by atoms with Crippen molar-refractivity contribution in [1.82, 2.24) is 10.2 Å². The average molecular weight is 268 g/mol. The van der Waals surface area contributed by atoms with Gasteiger partial charge in [-0.2, -0.15) is 0 Å². The molecule has 2 aliphatic rings. The third kappa shape index (κ3) is 3.71. The molecule has 0 aromatic heterocycles. The highest BCUT2D eigenvalue weighted by atomic mass is 16.3. The van der Waals surface area contributed by atoms with Gasteiger partial charge in [-0.3, -0.25) is 0 Å². The van der Waals surface area contributed by atoms with E-state index in [9.17, 15) is 5.11 Å². The highest BCUT2D eigenvalue weighted by Gasteiger charge is 2.44. The fraction of sp³-hybridized carbons (Fsp3) is 1.00. The van der Waals surface area contributed by atoms with E-state index < -0.39 is 0 Å². The van der Waals surface area contributed by atoms with Crippen molar-refractivity contribution in [2.45, 2.75) is 76.9 Å². The molecule has 2 unspecified atom stereocenters. The van der Waals surface area contributed by atoms with E-state index in [-0.39, 0.29) is 5.54 Å². The lowest BCUT2D eigenvalue weighted by Gasteiger charge is -2.37. The van der Waals surface area contributed by atoms with Gasteiger partial charge in [-0.05, 0) is 65.0 Å². The van der Waals surface area contributed by atoms with Gasteiger partial charge in [0.2, 0.25) is 0 Å². The summed E-state index contributed by atoms with van der Waals surface area (Å²) in [4.78, 5) is 2.54. The Labute approximate surface area is 118 Å². The maximum absolute atomic E-state index is 9.92. The SMILES string of the molecule is CCN(CCC1CCCC1(CO)NC1CC1)C(C)C. The molecule has 0 spiro atoms. The smallest absolute Gasteiger partial charge is 0.0616 e. The summed E-state index contributed by atoms with van der Waals surface area (Å²) < 4.78 is 0. The van der Waals surface area contributed by atoms with Gasteiger partial charge in [-0.1, -0.05) is 13.3 Å². The number of aliphatic hydroxyl groups excluding tert-OH is 1. The third-order valence-electron chi connectivity index (χ3n) is 5.21. The van der Waals surface area contributed by atoms with Crippen molar-refractivity contribution < 1.29 is 5.11 Å². The van der Waals surface area contributed by atoms with Gasteiger partial charge in [0.05, 0.1) is 6.61 Å². The lowest BCUT2D eigenvalue weighted by atomic mass is 9.85. The molecule has 0 aliphatic heterocycles. The lowest BCUT2D eigenvalue weighted by Crippen LogP contribution is -2.53. The molecule has 2 N–H and O–H groups in total. The summed E-state index contributed by atoms with van der Waals surface area (Å²) in [6.45, 7) is 9.43. The van der Waals surface area contributed by atoms with E-state index in [1.807, 2.05) is 0 Å². The Bertz CT molecular complexity index is 278. The Morgan fingerprint density at radius 1 is 1.32 bits per heavy atom. The molecular weight excluding hydrogens is 236 g/mol. The van der Waals surface area contributed by atoms with Gasteiger partial charge in [0.25, 0.3) is 0 Å². The minimum absolute atomic E-state index is 0.0392. The van der Waals surface area contributed by atoms with Crippen molar-refractivity contribution in [3.05, 3.63) is 0 Å². The molecule has 3 heteroatoms. The van der Waals surface area contributed by atoms with Crippen molar-refractivity contribution >= 4 is 0 Å². The molecule has 0 aromatic carbocycles. The summed E-state index contributed by atoms with van der Waals surface area (Å²) in [5, 5.41) is 13.7. The zero-order valence-corrected chi connectivity index (χ0v) is 13.0. The zero-order chi connectivity index (χ0) is 13.9. The summed E-state index contributed by atoms with van der Waals surface area (Å²) >= 11 is 0. The maximum Gasteiger partial charge on any atom is 0.0616 e. The Morgan fingerprint density at radius 3 is 2.58 bits per heavy atom. The van der Waals surface area contributed by atoms with Crippen molar-refractivity contribution in [3.8, 4) is 0 Å². The van der Waals surface area contributed by atoms with Crippen LogP contribution in [0.1, 0.15) is 59.3 Å². The van der Waals surface area contributed by atoms with Crippen LogP contribution in [0.15, 0.2) is 0 Å². The minimum atomic E-state index is 0.0392. The van der Waals surface area contributed by atoms with Crippen LogP contribution in [0.3, 0.4) is 0 Å². The topological polar surface area (TPSA) is 35.5 Å². The Hall–Kier alpha value is -0.120. The quantitative estimate of drug-likeness (QED) is 0.709. The monoisotopic (exact) mass is 268 g/mol. The first-order valence-corrected chi connectivity index (χ1v) is 8.24. The van der Waals surface area contributed by atoms with Crippen LogP contribution in [0.25, 0.3) is 0 Å². The van der Waals surface area contributed by atoms with Crippen LogP contribution in [0.5, 0.6) is 0 Å². The molecule has 2 atom stereocenters. The van der Waals surface area contributed by atoms with E-state index in [2.05, 4.69) is 31.0 Å². The van der Waals surface area contributed by atoms with Gasteiger partial charge < -0.3 is 15.3 Å². The van der Waals surface area contributed by atoms with Crippen LogP contribution in [-0.4, -0.2) is 47.3 Å². The van der Waals surface area contributed by atoms with Crippen LogP contribution in [0, 0.1) is 5.92 Å². The van der Waals surface area contributed by atoms with Gasteiger partial charge in [0, 0.05) is 17.6 Å². The molecule has 3 nitrogen and oxygen atoms in total. The number of hydrogen-bond donors (Lipinski definition) is 2. The number of rotatable bonds is 8. The third-order valence-corrected chi connectivity index (χ3v) is 5.21. The molecule has 112 valence electrons. The summed E-state index contributed by atoms with van der Waals surface area (Å²) in [6.07, 6.45) is 7.57. The van der Waals surface area contributed by atoms with Crippen LogP contribution in [0.4, 0.5) is 0 Å². The molecule has 2 saturated carbocycles. The molecule has 0 aromatic rings. The summed E-state index contributed by atoms with van der Waals surface area (Å²) in [5.74, 6) is 0.658. The Balaban J connectivity index is 1.89. The molecule has 0 saturated heterocycles. The fourth-order valence-electron chi connectivity index (χ4n) is 3.75. The van der Waals surface area contributed by atoms with E-state index in [0.717, 1.165) is 6.54 Å². The van der Waals surface area contributed by atoms with E-state index >= 15 is 0 Å². The lowest BCUT2D eigenvalue weighted by molar-refractivity contribution is 0.106. The predicted molar refractivity (Wildman–Crippen MR) is 80.3 cm³/mol. The number of nitrogens with zero attached hydrogens (tertiary/aromatic N) is 1. The number of nitrogens with one attached hydrogen (secondary N) is 1. The van der Waals surface area contributed by atoms with E-state index in [1.54, 1.807) is 0 Å². The van der Waals surface area contributed by atoms with Gasteiger partial charge in [-0.25, -0.2) is 0 Å². The standard InChI is InChI=1S/C16H32N2O/c1-4-18(13(2)3)11-9-14-6-5-10-16(14,12-19)17-15-7-8-15/h13-15,17,19H,4-12H2,1-3H3. The molecule has 0 heterocycles. The first-order valence-electron chi connectivity index (χ1n) is 8.24. The zero-order valence-electron chi connectivity index (χ0n) is 13.0. The maximum atomic E-state index is 9.92. The molecule has 2 fully saturated rings. The van der Waals surface area contributed by atoms with Crippen molar-refractivity contribution in [2.75, 3.05) is 19.7 Å². The number of aliphatic hydroxyl groups is 1. The average Bonchev–Trinajstić information content (AvgIpc) is 3.10. The predicted octanol–water partition coefficient (Wildman–Crippen LogP) is 2.39. The molecular formula is C16H32N2O. The highest BCUT2D eigenvalue weighted by Crippen LogP contribution is 2.40. The summed E-state index contributed by atoms with van der Waals surface area (Å²) in [5.41, 5.74) is 0.0392. The van der Waals surface area contributed by atoms with Gasteiger partial charge in [0.1, 0.15) is 0 Å². The molecule has 2 aliphatic carbocycles. The first-order chi connectivity index (χ1) is 9.11. The van der Waals surface area contributed by atoms with E-state index in [0.29, 0.717) is 24.6 Å². The number of hydrogen-bond acceptors (Lipinski definition) is 3. The largest absolute Gasteiger partial charge is 0.394 e. The second kappa shape index (κ2) is 6.55. The molecule has 2 rings (SSSR count). The Morgan fingerprint density at radius 2 is 2.05 bits per heavy atom. The first kappa shape index (κ1) is 15.3. The van der Waals surface area contributed by atoms with E-state index in [1.165, 1.54) is 45.1 Å². The van der Waals surface area contributed by atoms with Gasteiger partial charge in [-0.15, -0.1) is 0 Å². The van der Waals surface area contributed by atoms with Crippen LogP contribution >= 0.6 is 0 Å². The second-order valence-corrected chi connectivity index (χ2v) is 6.83. The van der Waals surface area contributed by atoms with Crippen molar-refractivity contribution in [1.29, 1.82) is 0 Å². The molecule has 0 amide bonds. The fourth-order valence-corrected chi connectivity index (χ4v) is 3.75. The summed E-state index contributed by atoms with van der Waals surface area (Å²) in [7, 11) is 0. The van der Waals surface area contributed by atoms with E-state index in [4.69, 9.17) is 0 Å². The second-order valence-electron chi connectivity index (χ2n) is 6.83. The molecule has 0 bridgehead atoms. The van der Waals surface area contributed by atoms with Crippen LogP contribution < -0.4 is 5.32 Å². The minimum Gasteiger partial charge on any atom is -0.394 e. The Kier molecular flexibility index (Phi) is 5.27.